The molecule has 1 aromatic rings. The van der Waals surface area contributed by atoms with Crippen LogP contribution in [0.5, 0.6) is 5.75 Å². The van der Waals surface area contributed by atoms with Crippen LogP contribution >= 0.6 is 11.6 Å². The fraction of sp³-hybridized carbons (Fsp3) is 0.385. The highest BCUT2D eigenvalue weighted by atomic mass is 35.5. The quantitative estimate of drug-likeness (QED) is 0.660. The van der Waals surface area contributed by atoms with Crippen LogP contribution < -0.4 is 4.74 Å². The zero-order chi connectivity index (χ0) is 11.1. The zero-order valence-electron chi connectivity index (χ0n) is 9.13. The summed E-state index contributed by atoms with van der Waals surface area (Å²) in [6.45, 7) is 6.61. The first-order valence-electron chi connectivity index (χ1n) is 5.27. The van der Waals surface area contributed by atoms with Crippen LogP contribution in [0.1, 0.15) is 25.3 Å². The van der Waals surface area contributed by atoms with Gasteiger partial charge in [-0.25, -0.2) is 0 Å². The largest absolute Gasteiger partial charge is 0.494 e. The van der Waals surface area contributed by atoms with Gasteiger partial charge in [-0.15, -0.1) is 0 Å². The summed E-state index contributed by atoms with van der Waals surface area (Å²) in [6, 6.07) is 8.00. The molecule has 0 saturated heterocycles. The molecule has 82 valence electrons. The third kappa shape index (κ3) is 4.89. The molecule has 0 aliphatic carbocycles. The molecule has 0 amide bonds. The van der Waals surface area contributed by atoms with Crippen LogP contribution in [0.15, 0.2) is 35.9 Å². The average Bonchev–Trinajstić information content (AvgIpc) is 2.18. The number of halogens is 1. The Morgan fingerprint density at radius 2 is 2.27 bits per heavy atom. The minimum Gasteiger partial charge on any atom is -0.494 e. The molecule has 0 radical (unpaired) electrons. The van der Waals surface area contributed by atoms with E-state index in [2.05, 4.69) is 13.5 Å². The summed E-state index contributed by atoms with van der Waals surface area (Å²) in [7, 11) is 0. The molecule has 0 N–H and O–H groups in total. The summed E-state index contributed by atoms with van der Waals surface area (Å²) in [4.78, 5) is 0. The molecule has 1 rings (SSSR count). The van der Waals surface area contributed by atoms with Crippen LogP contribution in [0.3, 0.4) is 0 Å². The van der Waals surface area contributed by atoms with E-state index in [9.17, 15) is 0 Å². The van der Waals surface area contributed by atoms with Crippen LogP contribution in [-0.2, 0) is 6.42 Å². The van der Waals surface area contributed by atoms with Gasteiger partial charge in [0.05, 0.1) is 6.61 Å². The predicted octanol–water partition coefficient (Wildman–Crippen LogP) is 4.16. The summed E-state index contributed by atoms with van der Waals surface area (Å²) in [5.41, 5.74) is 1.14. The fourth-order valence-corrected chi connectivity index (χ4v) is 1.46. The number of hydrogen-bond acceptors (Lipinski definition) is 1. The highest BCUT2D eigenvalue weighted by Gasteiger charge is 1.98. The van der Waals surface area contributed by atoms with E-state index in [1.165, 1.54) is 0 Å². The highest BCUT2D eigenvalue weighted by molar-refractivity contribution is 6.29. The van der Waals surface area contributed by atoms with Crippen molar-refractivity contribution in [1.82, 2.24) is 0 Å². The molecular weight excluding hydrogens is 208 g/mol. The second-order valence-electron chi connectivity index (χ2n) is 3.54. The normalized spacial score (nSPS) is 10.0. The van der Waals surface area contributed by atoms with Gasteiger partial charge >= 0.3 is 0 Å². The minimum atomic E-state index is 0.653. The molecule has 0 spiro atoms. The molecule has 15 heavy (non-hydrogen) atoms. The Labute approximate surface area is 96.7 Å². The van der Waals surface area contributed by atoms with Crippen molar-refractivity contribution in [3.05, 3.63) is 41.4 Å². The summed E-state index contributed by atoms with van der Waals surface area (Å²) in [5.74, 6) is 0.916. The number of rotatable bonds is 6. The van der Waals surface area contributed by atoms with Crippen LogP contribution in [0.25, 0.3) is 0 Å². The number of ether oxygens (including phenoxy) is 1. The van der Waals surface area contributed by atoms with Gasteiger partial charge in [-0.3, -0.25) is 0 Å². The molecule has 0 saturated carbocycles. The molecule has 2 heteroatoms. The summed E-state index contributed by atoms with van der Waals surface area (Å²) in [5, 5.41) is 0.653. The number of hydrogen-bond donors (Lipinski definition) is 0. The van der Waals surface area contributed by atoms with E-state index in [1.54, 1.807) is 0 Å². The SMILES string of the molecule is C=C(Cl)Cc1cccc(OCCCC)c1. The van der Waals surface area contributed by atoms with Gasteiger partial charge in [0.25, 0.3) is 0 Å². The molecule has 0 heterocycles. The van der Waals surface area contributed by atoms with E-state index in [0.29, 0.717) is 11.5 Å². The van der Waals surface area contributed by atoms with Crippen molar-refractivity contribution in [2.24, 2.45) is 0 Å². The third-order valence-corrected chi connectivity index (χ3v) is 2.19. The molecule has 0 aliphatic rings. The number of unbranched alkanes of at least 4 members (excludes halogenated alkanes) is 1. The predicted molar refractivity (Wildman–Crippen MR) is 65.5 cm³/mol. The maximum Gasteiger partial charge on any atom is 0.119 e. The van der Waals surface area contributed by atoms with Gasteiger partial charge in [0.2, 0.25) is 0 Å². The standard InChI is InChI=1S/C13H17ClO/c1-3-4-8-15-13-7-5-6-12(10-13)9-11(2)14/h5-7,10H,2-4,8-9H2,1H3. The second-order valence-corrected chi connectivity index (χ2v) is 4.08. The van der Waals surface area contributed by atoms with Crippen LogP contribution in [0.2, 0.25) is 0 Å². The summed E-state index contributed by atoms with van der Waals surface area (Å²) < 4.78 is 5.60. The van der Waals surface area contributed by atoms with Gasteiger partial charge in [0.1, 0.15) is 5.75 Å². The van der Waals surface area contributed by atoms with Crippen molar-refractivity contribution in [2.75, 3.05) is 6.61 Å². The van der Waals surface area contributed by atoms with Crippen molar-refractivity contribution in [1.29, 1.82) is 0 Å². The van der Waals surface area contributed by atoms with Crippen LogP contribution in [0, 0.1) is 0 Å². The molecule has 0 aromatic heterocycles. The Hall–Kier alpha value is -0.950. The van der Waals surface area contributed by atoms with Crippen LogP contribution in [0.4, 0.5) is 0 Å². The summed E-state index contributed by atoms with van der Waals surface area (Å²) >= 11 is 5.76. The maximum absolute atomic E-state index is 5.76. The molecule has 0 aliphatic heterocycles. The van der Waals surface area contributed by atoms with E-state index >= 15 is 0 Å². The van der Waals surface area contributed by atoms with E-state index in [-0.39, 0.29) is 0 Å². The van der Waals surface area contributed by atoms with Gasteiger partial charge in [0, 0.05) is 11.5 Å². The maximum atomic E-state index is 5.76. The average molecular weight is 225 g/mol. The molecule has 0 unspecified atom stereocenters. The third-order valence-electron chi connectivity index (χ3n) is 2.06. The first kappa shape index (κ1) is 12.1. The van der Waals surface area contributed by atoms with E-state index in [0.717, 1.165) is 30.8 Å². The minimum absolute atomic E-state index is 0.653. The number of benzene rings is 1. The van der Waals surface area contributed by atoms with Crippen molar-refractivity contribution in [3.8, 4) is 5.75 Å². The topological polar surface area (TPSA) is 9.23 Å². The molecule has 1 aromatic carbocycles. The zero-order valence-corrected chi connectivity index (χ0v) is 9.89. The first-order chi connectivity index (χ1) is 7.22. The van der Waals surface area contributed by atoms with E-state index in [1.807, 2.05) is 24.3 Å². The Morgan fingerprint density at radius 1 is 1.47 bits per heavy atom. The lowest BCUT2D eigenvalue weighted by Gasteiger charge is -2.06. The Kier molecular flexibility index (Phi) is 5.27. The Balaban J connectivity index is 2.53. The smallest absolute Gasteiger partial charge is 0.119 e. The van der Waals surface area contributed by atoms with E-state index in [4.69, 9.17) is 16.3 Å². The summed E-state index contributed by atoms with van der Waals surface area (Å²) in [6.07, 6.45) is 2.94. The van der Waals surface area contributed by atoms with Gasteiger partial charge < -0.3 is 4.74 Å². The lowest BCUT2D eigenvalue weighted by atomic mass is 10.1. The Bertz CT molecular complexity index is 320. The monoisotopic (exact) mass is 224 g/mol. The lowest BCUT2D eigenvalue weighted by molar-refractivity contribution is 0.309. The molecule has 0 bridgehead atoms. The van der Waals surface area contributed by atoms with E-state index < -0.39 is 0 Å². The van der Waals surface area contributed by atoms with Gasteiger partial charge in [-0.05, 0) is 24.1 Å². The fourth-order valence-electron chi connectivity index (χ4n) is 1.30. The lowest BCUT2D eigenvalue weighted by Crippen LogP contribution is -1.96. The van der Waals surface area contributed by atoms with Crippen molar-refractivity contribution in [3.63, 3.8) is 0 Å². The van der Waals surface area contributed by atoms with Gasteiger partial charge in [0.15, 0.2) is 0 Å². The second kappa shape index (κ2) is 6.52. The first-order valence-corrected chi connectivity index (χ1v) is 5.65. The molecular formula is C13H17ClO. The van der Waals surface area contributed by atoms with Gasteiger partial charge in [-0.2, -0.15) is 0 Å². The molecule has 0 atom stereocenters. The number of allylic oxidation sites excluding steroid dienone is 1. The van der Waals surface area contributed by atoms with Crippen molar-refractivity contribution >= 4 is 11.6 Å². The Morgan fingerprint density at radius 3 is 2.93 bits per heavy atom. The van der Waals surface area contributed by atoms with Crippen molar-refractivity contribution < 1.29 is 4.74 Å². The highest BCUT2D eigenvalue weighted by Crippen LogP contribution is 2.17. The van der Waals surface area contributed by atoms with Gasteiger partial charge in [-0.1, -0.05) is 43.7 Å². The van der Waals surface area contributed by atoms with Crippen LogP contribution in [-0.4, -0.2) is 6.61 Å². The van der Waals surface area contributed by atoms with Crippen molar-refractivity contribution in [2.45, 2.75) is 26.2 Å². The molecule has 0 fully saturated rings. The molecule has 1 nitrogen and oxygen atoms in total.